The number of nitrogens with one attached hydrogen (secondary N) is 1. The second-order valence-electron chi connectivity index (χ2n) is 3.60. The molecule has 0 bridgehead atoms. The molecule has 1 heterocycles. The highest BCUT2D eigenvalue weighted by molar-refractivity contribution is 5.77. The minimum absolute atomic E-state index is 0.205. The molecule has 1 aliphatic heterocycles. The van der Waals surface area contributed by atoms with Crippen LogP contribution in [0.1, 0.15) is 26.2 Å². The Morgan fingerprint density at radius 3 is 2.79 bits per heavy atom. The molecule has 1 aliphatic rings. The summed E-state index contributed by atoms with van der Waals surface area (Å²) >= 11 is 0. The zero-order valence-corrected chi connectivity index (χ0v) is 8.75. The standard InChI is InChI=1S/C11H18N2O/c1-3-5-6-11(14)13(7-4-2)10-8-12-9-10/h1,10,12H,4-9H2,2H3. The number of amides is 1. The van der Waals surface area contributed by atoms with Crippen LogP contribution in [0.3, 0.4) is 0 Å². The molecule has 14 heavy (non-hydrogen) atoms. The Hall–Kier alpha value is -1.01. The van der Waals surface area contributed by atoms with Gasteiger partial charge in [0, 0.05) is 32.5 Å². The fourth-order valence-electron chi connectivity index (χ4n) is 1.57. The van der Waals surface area contributed by atoms with E-state index in [1.807, 2.05) is 4.90 Å². The summed E-state index contributed by atoms with van der Waals surface area (Å²) in [5.74, 6) is 2.71. The smallest absolute Gasteiger partial charge is 0.223 e. The normalized spacial score (nSPS) is 15.7. The minimum Gasteiger partial charge on any atom is -0.337 e. The molecule has 3 heteroatoms. The van der Waals surface area contributed by atoms with Gasteiger partial charge in [0.1, 0.15) is 0 Å². The molecule has 3 nitrogen and oxygen atoms in total. The van der Waals surface area contributed by atoms with Crippen molar-refractivity contribution in [3.63, 3.8) is 0 Å². The Labute approximate surface area is 85.9 Å². The van der Waals surface area contributed by atoms with E-state index in [0.29, 0.717) is 18.9 Å². The average Bonchev–Trinajstić information content (AvgIpc) is 2.10. The summed E-state index contributed by atoms with van der Waals surface area (Å²) in [7, 11) is 0. The highest BCUT2D eigenvalue weighted by Crippen LogP contribution is 2.08. The van der Waals surface area contributed by atoms with Gasteiger partial charge in [0.25, 0.3) is 0 Å². The van der Waals surface area contributed by atoms with E-state index in [1.165, 1.54) is 0 Å². The summed E-state index contributed by atoms with van der Waals surface area (Å²) in [5.41, 5.74) is 0. The van der Waals surface area contributed by atoms with Crippen LogP contribution < -0.4 is 5.32 Å². The minimum atomic E-state index is 0.205. The maximum absolute atomic E-state index is 11.7. The van der Waals surface area contributed by atoms with Gasteiger partial charge in [0.05, 0.1) is 6.04 Å². The molecular formula is C11H18N2O. The Morgan fingerprint density at radius 1 is 1.64 bits per heavy atom. The van der Waals surface area contributed by atoms with Gasteiger partial charge in [0.15, 0.2) is 0 Å². The van der Waals surface area contributed by atoms with Crippen LogP contribution >= 0.6 is 0 Å². The van der Waals surface area contributed by atoms with Crippen LogP contribution in [0, 0.1) is 12.3 Å². The van der Waals surface area contributed by atoms with E-state index < -0.39 is 0 Å². The molecule has 1 fully saturated rings. The van der Waals surface area contributed by atoms with Crippen molar-refractivity contribution in [1.29, 1.82) is 0 Å². The van der Waals surface area contributed by atoms with Crippen LogP contribution in [-0.2, 0) is 4.79 Å². The molecule has 1 amide bonds. The molecule has 0 atom stereocenters. The second kappa shape index (κ2) is 5.66. The van der Waals surface area contributed by atoms with E-state index in [-0.39, 0.29) is 5.91 Å². The molecule has 0 unspecified atom stereocenters. The molecule has 0 spiro atoms. The van der Waals surface area contributed by atoms with Crippen molar-refractivity contribution < 1.29 is 4.79 Å². The first-order valence-electron chi connectivity index (χ1n) is 5.23. The van der Waals surface area contributed by atoms with E-state index in [4.69, 9.17) is 6.42 Å². The molecule has 1 saturated heterocycles. The third-order valence-corrected chi connectivity index (χ3v) is 2.47. The van der Waals surface area contributed by atoms with Gasteiger partial charge in [-0.05, 0) is 6.42 Å². The number of rotatable bonds is 5. The molecule has 1 N–H and O–H groups in total. The maximum atomic E-state index is 11.7. The van der Waals surface area contributed by atoms with Crippen LogP contribution in [0.15, 0.2) is 0 Å². The summed E-state index contributed by atoms with van der Waals surface area (Å²) < 4.78 is 0. The lowest BCUT2D eigenvalue weighted by atomic mass is 10.1. The Balaban J connectivity index is 2.40. The van der Waals surface area contributed by atoms with Crippen molar-refractivity contribution in [3.05, 3.63) is 0 Å². The Bertz CT molecular complexity index is 228. The maximum Gasteiger partial charge on any atom is 0.223 e. The van der Waals surface area contributed by atoms with Crippen molar-refractivity contribution >= 4 is 5.91 Å². The predicted octanol–water partition coefficient (Wildman–Crippen LogP) is 0.610. The Morgan fingerprint density at radius 2 is 2.36 bits per heavy atom. The summed E-state index contributed by atoms with van der Waals surface area (Å²) in [4.78, 5) is 13.7. The van der Waals surface area contributed by atoms with E-state index >= 15 is 0 Å². The van der Waals surface area contributed by atoms with Crippen LogP contribution in [-0.4, -0.2) is 36.5 Å². The molecule has 1 rings (SSSR count). The average molecular weight is 194 g/mol. The number of carbonyl (C=O) groups is 1. The van der Waals surface area contributed by atoms with Gasteiger partial charge >= 0.3 is 0 Å². The van der Waals surface area contributed by atoms with Gasteiger partial charge in [-0.3, -0.25) is 4.79 Å². The summed E-state index contributed by atoms with van der Waals surface area (Å²) in [6.45, 7) is 4.81. The number of nitrogens with zero attached hydrogens (tertiary/aromatic N) is 1. The van der Waals surface area contributed by atoms with Gasteiger partial charge in [-0.15, -0.1) is 12.3 Å². The van der Waals surface area contributed by atoms with Crippen LogP contribution in [0.25, 0.3) is 0 Å². The van der Waals surface area contributed by atoms with Crippen molar-refractivity contribution in [2.24, 2.45) is 0 Å². The van der Waals surface area contributed by atoms with Crippen molar-refractivity contribution in [2.75, 3.05) is 19.6 Å². The summed E-state index contributed by atoms with van der Waals surface area (Å²) in [5, 5.41) is 3.18. The van der Waals surface area contributed by atoms with Crippen molar-refractivity contribution in [3.8, 4) is 12.3 Å². The molecule has 0 aromatic heterocycles. The largest absolute Gasteiger partial charge is 0.337 e. The molecule has 78 valence electrons. The lowest BCUT2D eigenvalue weighted by molar-refractivity contribution is -0.134. The SMILES string of the molecule is C#CCCC(=O)N(CCC)C1CNC1. The van der Waals surface area contributed by atoms with Crippen LogP contribution in [0.5, 0.6) is 0 Å². The third kappa shape index (κ3) is 2.74. The number of carbonyl (C=O) groups excluding carboxylic acids is 1. The predicted molar refractivity (Wildman–Crippen MR) is 56.7 cm³/mol. The number of terminal acetylenes is 1. The highest BCUT2D eigenvalue weighted by Gasteiger charge is 2.26. The molecule has 0 aliphatic carbocycles. The fraction of sp³-hybridized carbons (Fsp3) is 0.727. The third-order valence-electron chi connectivity index (χ3n) is 2.47. The first-order valence-corrected chi connectivity index (χ1v) is 5.23. The van der Waals surface area contributed by atoms with Crippen molar-refractivity contribution in [1.82, 2.24) is 10.2 Å². The first-order chi connectivity index (χ1) is 6.79. The van der Waals surface area contributed by atoms with Crippen LogP contribution in [0.2, 0.25) is 0 Å². The van der Waals surface area contributed by atoms with Crippen LogP contribution in [0.4, 0.5) is 0 Å². The second-order valence-corrected chi connectivity index (χ2v) is 3.60. The van der Waals surface area contributed by atoms with Crippen molar-refractivity contribution in [2.45, 2.75) is 32.2 Å². The fourth-order valence-corrected chi connectivity index (χ4v) is 1.57. The lowest BCUT2D eigenvalue weighted by Gasteiger charge is -2.38. The lowest BCUT2D eigenvalue weighted by Crippen LogP contribution is -2.59. The molecule has 0 aromatic carbocycles. The quantitative estimate of drug-likeness (QED) is 0.650. The number of hydrogen-bond acceptors (Lipinski definition) is 2. The summed E-state index contributed by atoms with van der Waals surface area (Å²) in [6, 6.07) is 0.403. The monoisotopic (exact) mass is 194 g/mol. The van der Waals surface area contributed by atoms with Gasteiger partial charge < -0.3 is 10.2 Å². The summed E-state index contributed by atoms with van der Waals surface area (Å²) in [6.07, 6.45) is 7.20. The first kappa shape index (κ1) is 11.1. The van der Waals surface area contributed by atoms with Gasteiger partial charge in [0.2, 0.25) is 5.91 Å². The molecule has 0 radical (unpaired) electrons. The van der Waals surface area contributed by atoms with E-state index in [1.54, 1.807) is 0 Å². The topological polar surface area (TPSA) is 32.3 Å². The molecule has 0 aromatic rings. The Kier molecular flexibility index (Phi) is 4.48. The molecule has 0 saturated carbocycles. The van der Waals surface area contributed by atoms with E-state index in [0.717, 1.165) is 26.1 Å². The molecular weight excluding hydrogens is 176 g/mol. The van der Waals surface area contributed by atoms with Gasteiger partial charge in [-0.1, -0.05) is 6.92 Å². The van der Waals surface area contributed by atoms with Gasteiger partial charge in [-0.2, -0.15) is 0 Å². The zero-order valence-electron chi connectivity index (χ0n) is 8.75. The van der Waals surface area contributed by atoms with E-state index in [2.05, 4.69) is 18.2 Å². The van der Waals surface area contributed by atoms with E-state index in [9.17, 15) is 4.79 Å². The zero-order chi connectivity index (χ0) is 10.4. The van der Waals surface area contributed by atoms with Gasteiger partial charge in [-0.25, -0.2) is 0 Å². The highest BCUT2D eigenvalue weighted by atomic mass is 16.2. The number of hydrogen-bond donors (Lipinski definition) is 1.